The van der Waals surface area contributed by atoms with Gasteiger partial charge in [0, 0.05) is 18.0 Å². The maximum absolute atomic E-state index is 11.2. The monoisotopic (exact) mass is 308 g/mol. The van der Waals surface area contributed by atoms with E-state index in [0.29, 0.717) is 18.9 Å². The smallest absolute Gasteiger partial charge is 0.307 e. The first-order valence-corrected chi connectivity index (χ1v) is 7.78. The summed E-state index contributed by atoms with van der Waals surface area (Å²) >= 11 is 1.64. The number of carbonyl (C=O) groups is 1. The van der Waals surface area contributed by atoms with Crippen molar-refractivity contribution in [2.75, 3.05) is 30.8 Å². The highest BCUT2D eigenvalue weighted by Gasteiger charge is 2.10. The largest absolute Gasteiger partial charge is 0.469 e. The van der Waals surface area contributed by atoms with Crippen molar-refractivity contribution in [3.8, 4) is 0 Å². The Morgan fingerprint density at radius 2 is 2.14 bits per heavy atom. The molecule has 2 heterocycles. The molecule has 6 nitrogen and oxygen atoms in total. The van der Waals surface area contributed by atoms with Crippen molar-refractivity contribution in [3.05, 3.63) is 10.9 Å². The first-order chi connectivity index (χ1) is 10.1. The minimum Gasteiger partial charge on any atom is -0.469 e. The summed E-state index contributed by atoms with van der Waals surface area (Å²) in [4.78, 5) is 22.3. The van der Waals surface area contributed by atoms with Crippen LogP contribution in [0.25, 0.3) is 10.2 Å². The zero-order valence-corrected chi connectivity index (χ0v) is 13.3. The number of fused-ring (bicyclic) bond motifs is 1. The molecule has 2 rings (SSSR count). The van der Waals surface area contributed by atoms with E-state index in [1.165, 1.54) is 12.0 Å². The summed E-state index contributed by atoms with van der Waals surface area (Å²) < 4.78 is 4.63. The highest BCUT2D eigenvalue weighted by atomic mass is 32.1. The number of anilines is 2. The fraction of sp³-hybridized carbons (Fsp3) is 0.500. The highest BCUT2D eigenvalue weighted by molar-refractivity contribution is 7.18. The summed E-state index contributed by atoms with van der Waals surface area (Å²) in [5.41, 5.74) is 0. The van der Waals surface area contributed by atoms with Crippen molar-refractivity contribution >= 4 is 39.3 Å². The number of rotatable bonds is 7. The van der Waals surface area contributed by atoms with Crippen molar-refractivity contribution in [1.82, 2.24) is 9.97 Å². The Hall–Kier alpha value is -1.89. The average Bonchev–Trinajstić information content (AvgIpc) is 2.85. The van der Waals surface area contributed by atoms with E-state index in [-0.39, 0.29) is 5.97 Å². The molecule has 0 radical (unpaired) electrons. The number of aryl methyl sites for hydroxylation is 1. The molecule has 0 unspecified atom stereocenters. The van der Waals surface area contributed by atoms with Gasteiger partial charge < -0.3 is 15.4 Å². The third kappa shape index (κ3) is 4.04. The highest BCUT2D eigenvalue weighted by Crippen LogP contribution is 2.29. The van der Waals surface area contributed by atoms with Crippen molar-refractivity contribution in [2.45, 2.75) is 26.7 Å². The predicted molar refractivity (Wildman–Crippen MR) is 86.1 cm³/mol. The summed E-state index contributed by atoms with van der Waals surface area (Å²) in [6.45, 7) is 5.46. The molecule has 0 aliphatic heterocycles. The molecule has 0 fully saturated rings. The van der Waals surface area contributed by atoms with Gasteiger partial charge in [-0.2, -0.15) is 4.98 Å². The van der Waals surface area contributed by atoms with E-state index in [4.69, 9.17) is 0 Å². The third-order valence-corrected chi connectivity index (χ3v) is 3.84. The zero-order valence-electron chi connectivity index (χ0n) is 12.5. The first kappa shape index (κ1) is 15.5. The van der Waals surface area contributed by atoms with Crippen LogP contribution in [0.4, 0.5) is 11.8 Å². The van der Waals surface area contributed by atoms with Gasteiger partial charge in [0.1, 0.15) is 10.6 Å². The number of hydrogen-bond donors (Lipinski definition) is 2. The SMILES string of the molecule is CCCNc1nc(NCCC(=O)OC)c2cc(C)sc2n1. The molecule has 7 heteroatoms. The fourth-order valence-electron chi connectivity index (χ4n) is 1.88. The van der Waals surface area contributed by atoms with Crippen LogP contribution in [0.2, 0.25) is 0 Å². The van der Waals surface area contributed by atoms with Gasteiger partial charge in [0.15, 0.2) is 0 Å². The lowest BCUT2D eigenvalue weighted by Crippen LogP contribution is -2.12. The number of aromatic nitrogens is 2. The summed E-state index contributed by atoms with van der Waals surface area (Å²) in [6, 6.07) is 2.06. The van der Waals surface area contributed by atoms with Gasteiger partial charge >= 0.3 is 5.97 Å². The molecule has 114 valence electrons. The molecule has 0 aliphatic carbocycles. The van der Waals surface area contributed by atoms with Gasteiger partial charge in [0.25, 0.3) is 0 Å². The number of methoxy groups -OCH3 is 1. The van der Waals surface area contributed by atoms with Crippen LogP contribution in [0, 0.1) is 6.92 Å². The lowest BCUT2D eigenvalue weighted by Gasteiger charge is -2.09. The lowest BCUT2D eigenvalue weighted by atomic mass is 10.3. The molecule has 21 heavy (non-hydrogen) atoms. The van der Waals surface area contributed by atoms with Gasteiger partial charge in [0.2, 0.25) is 5.95 Å². The van der Waals surface area contributed by atoms with E-state index < -0.39 is 0 Å². The molecule has 0 saturated heterocycles. The number of carbonyl (C=O) groups excluding carboxylic acids is 1. The summed E-state index contributed by atoms with van der Waals surface area (Å²) in [7, 11) is 1.39. The van der Waals surface area contributed by atoms with E-state index in [2.05, 4.69) is 38.3 Å². The number of thiophene rings is 1. The molecule has 0 bridgehead atoms. The summed E-state index contributed by atoms with van der Waals surface area (Å²) in [5, 5.41) is 7.39. The van der Waals surface area contributed by atoms with Crippen LogP contribution < -0.4 is 10.6 Å². The minimum atomic E-state index is -0.237. The average molecular weight is 308 g/mol. The third-order valence-electron chi connectivity index (χ3n) is 2.90. The molecule has 0 aliphatic rings. The molecular formula is C14H20N4O2S. The molecule has 0 amide bonds. The molecule has 0 spiro atoms. The van der Waals surface area contributed by atoms with Crippen LogP contribution in [0.15, 0.2) is 6.07 Å². The number of esters is 1. The van der Waals surface area contributed by atoms with E-state index in [1.807, 2.05) is 6.92 Å². The van der Waals surface area contributed by atoms with Gasteiger partial charge in [-0.25, -0.2) is 4.98 Å². The van der Waals surface area contributed by atoms with Crippen molar-refractivity contribution in [2.24, 2.45) is 0 Å². The van der Waals surface area contributed by atoms with Crippen LogP contribution >= 0.6 is 11.3 Å². The molecule has 0 aromatic carbocycles. The van der Waals surface area contributed by atoms with Gasteiger partial charge in [-0.15, -0.1) is 11.3 Å². The molecule has 2 aromatic rings. The first-order valence-electron chi connectivity index (χ1n) is 6.96. The maximum Gasteiger partial charge on any atom is 0.307 e. The lowest BCUT2D eigenvalue weighted by molar-refractivity contribution is -0.140. The predicted octanol–water partition coefficient (Wildman–Crippen LogP) is 2.80. The van der Waals surface area contributed by atoms with Crippen LogP contribution in [-0.4, -0.2) is 36.1 Å². The molecule has 2 aromatic heterocycles. The Balaban J connectivity index is 2.19. The standard InChI is InChI=1S/C14H20N4O2S/c1-4-6-16-14-17-12(15-7-5-11(19)20-3)10-8-9(2)21-13(10)18-14/h8H,4-7H2,1-3H3,(H2,15,16,17,18). The Morgan fingerprint density at radius 3 is 2.86 bits per heavy atom. The molecule has 2 N–H and O–H groups in total. The van der Waals surface area contributed by atoms with Crippen molar-refractivity contribution in [1.29, 1.82) is 0 Å². The number of hydrogen-bond acceptors (Lipinski definition) is 7. The minimum absolute atomic E-state index is 0.237. The van der Waals surface area contributed by atoms with E-state index >= 15 is 0 Å². The second-order valence-electron chi connectivity index (χ2n) is 4.65. The summed E-state index contributed by atoms with van der Waals surface area (Å²) in [6.07, 6.45) is 1.32. The van der Waals surface area contributed by atoms with Crippen LogP contribution in [0.5, 0.6) is 0 Å². The van der Waals surface area contributed by atoms with Gasteiger partial charge in [0.05, 0.1) is 18.9 Å². The van der Waals surface area contributed by atoms with Crippen LogP contribution in [-0.2, 0) is 9.53 Å². The van der Waals surface area contributed by atoms with Crippen LogP contribution in [0.3, 0.4) is 0 Å². The van der Waals surface area contributed by atoms with Crippen molar-refractivity contribution in [3.63, 3.8) is 0 Å². The Labute approximate surface area is 127 Å². The molecular weight excluding hydrogens is 288 g/mol. The Morgan fingerprint density at radius 1 is 1.33 bits per heavy atom. The Bertz CT molecular complexity index is 627. The van der Waals surface area contributed by atoms with Gasteiger partial charge in [-0.05, 0) is 19.4 Å². The topological polar surface area (TPSA) is 76.1 Å². The van der Waals surface area contributed by atoms with Crippen molar-refractivity contribution < 1.29 is 9.53 Å². The van der Waals surface area contributed by atoms with E-state index in [9.17, 15) is 4.79 Å². The quantitative estimate of drug-likeness (QED) is 0.766. The zero-order chi connectivity index (χ0) is 15.2. The fourth-order valence-corrected chi connectivity index (χ4v) is 2.76. The molecule has 0 atom stereocenters. The second-order valence-corrected chi connectivity index (χ2v) is 5.89. The number of nitrogens with one attached hydrogen (secondary N) is 2. The number of nitrogens with zero attached hydrogens (tertiary/aromatic N) is 2. The molecule has 0 saturated carbocycles. The Kier molecular flexibility index (Phi) is 5.32. The van der Waals surface area contributed by atoms with Gasteiger partial charge in [-0.1, -0.05) is 6.92 Å². The summed E-state index contributed by atoms with van der Waals surface area (Å²) in [5.74, 6) is 1.14. The maximum atomic E-state index is 11.2. The van der Waals surface area contributed by atoms with Gasteiger partial charge in [-0.3, -0.25) is 4.79 Å². The van der Waals surface area contributed by atoms with E-state index in [0.717, 1.165) is 29.0 Å². The van der Waals surface area contributed by atoms with E-state index in [1.54, 1.807) is 11.3 Å². The van der Waals surface area contributed by atoms with Crippen LogP contribution in [0.1, 0.15) is 24.6 Å². The number of ether oxygens (including phenoxy) is 1. The normalized spacial score (nSPS) is 10.6. The second kappa shape index (κ2) is 7.21.